The largest absolute Gasteiger partial charge is 0.365 e. The molecule has 3 atom stereocenters. The molecule has 1 aliphatic heterocycles. The lowest BCUT2D eigenvalue weighted by Gasteiger charge is -2.22. The molecule has 1 rings (SSSR count). The maximum absolute atomic E-state index is 12.2. The predicted molar refractivity (Wildman–Crippen MR) is 64.5 cm³/mol. The van der Waals surface area contributed by atoms with Crippen molar-refractivity contribution in [1.82, 2.24) is 0 Å². The van der Waals surface area contributed by atoms with Crippen LogP contribution in [0.25, 0.3) is 0 Å². The summed E-state index contributed by atoms with van der Waals surface area (Å²) >= 11 is 5.50. The van der Waals surface area contributed by atoms with E-state index in [2.05, 4.69) is 12.6 Å². The van der Waals surface area contributed by atoms with E-state index in [4.69, 9.17) is 9.26 Å². The van der Waals surface area contributed by atoms with Gasteiger partial charge < -0.3 is 9.26 Å². The van der Waals surface area contributed by atoms with Gasteiger partial charge in [0.2, 0.25) is 0 Å². The van der Waals surface area contributed by atoms with E-state index in [0.29, 0.717) is 6.61 Å². The van der Waals surface area contributed by atoms with Crippen molar-refractivity contribution < 1.29 is 13.8 Å². The quantitative estimate of drug-likeness (QED) is 0.619. The Labute approximate surface area is 94.9 Å². The number of rotatable bonds is 4. The van der Waals surface area contributed by atoms with E-state index < -0.39 is 6.57 Å². The Morgan fingerprint density at radius 3 is 2.64 bits per heavy atom. The second kappa shape index (κ2) is 5.26. The van der Waals surface area contributed by atoms with Crippen LogP contribution in [-0.4, -0.2) is 30.1 Å². The van der Waals surface area contributed by atoms with Crippen LogP contribution < -0.4 is 0 Å². The number of thiol groups is 1. The van der Waals surface area contributed by atoms with Crippen molar-refractivity contribution in [2.75, 3.05) is 12.9 Å². The predicted octanol–water partition coefficient (Wildman–Crippen LogP) is 3.01. The summed E-state index contributed by atoms with van der Waals surface area (Å²) in [4.78, 5) is 0. The molecule has 0 aromatic heterocycles. The van der Waals surface area contributed by atoms with Crippen molar-refractivity contribution in [3.63, 3.8) is 0 Å². The average molecular weight is 256 g/mol. The Kier molecular flexibility index (Phi) is 4.85. The number of hydrogen-bond donors (Lipinski definition) is 1. The minimum atomic E-state index is -2.55. The third-order valence-corrected chi connectivity index (χ3v) is 7.90. The fourth-order valence-corrected chi connectivity index (χ4v) is 4.76. The lowest BCUT2D eigenvalue weighted by molar-refractivity contribution is 0.134. The van der Waals surface area contributed by atoms with Gasteiger partial charge in [-0.2, -0.15) is 0 Å². The van der Waals surface area contributed by atoms with E-state index in [1.807, 2.05) is 20.1 Å². The molecule has 0 saturated carbocycles. The fraction of sp³-hybridized carbons (Fsp3) is 1.00. The summed E-state index contributed by atoms with van der Waals surface area (Å²) in [6, 6.07) is 0. The molecule has 0 radical (unpaired) electrons. The normalized spacial score (nSPS) is 32.1. The molecule has 6 heteroatoms. The lowest BCUT2D eigenvalue weighted by Crippen LogP contribution is -2.13. The molecule has 0 aromatic carbocycles. The molecule has 1 saturated heterocycles. The summed E-state index contributed by atoms with van der Waals surface area (Å²) < 4.78 is 23.1. The third kappa shape index (κ3) is 3.17. The zero-order valence-electron chi connectivity index (χ0n) is 8.67. The molecule has 1 aliphatic rings. The van der Waals surface area contributed by atoms with Crippen molar-refractivity contribution >= 4 is 30.6 Å². The maximum Gasteiger partial charge on any atom is 0.260 e. The summed E-state index contributed by atoms with van der Waals surface area (Å²) in [5, 5.41) is 0. The summed E-state index contributed by atoms with van der Waals surface area (Å²) in [6.45, 7) is 1.80. The Morgan fingerprint density at radius 2 is 2.29 bits per heavy atom. The molecule has 3 nitrogen and oxygen atoms in total. The summed E-state index contributed by atoms with van der Waals surface area (Å²) in [6.07, 6.45) is 2.49. The van der Waals surface area contributed by atoms with Crippen LogP contribution in [-0.2, 0) is 13.8 Å². The van der Waals surface area contributed by atoms with Gasteiger partial charge in [-0.15, -0.1) is 12.6 Å². The smallest absolute Gasteiger partial charge is 0.260 e. The Bertz CT molecular complexity index is 235. The molecule has 0 aromatic rings. The summed E-state index contributed by atoms with van der Waals surface area (Å²) in [5.41, 5.74) is -0.0149. The first-order valence-electron chi connectivity index (χ1n) is 4.61. The Morgan fingerprint density at radius 1 is 1.64 bits per heavy atom. The van der Waals surface area contributed by atoms with Gasteiger partial charge in [0.05, 0.1) is 12.7 Å². The average Bonchev–Trinajstić information content (AvgIpc) is 2.50. The molecule has 3 unspecified atom stereocenters. The summed E-state index contributed by atoms with van der Waals surface area (Å²) in [5.74, 6) is 0. The second-order valence-electron chi connectivity index (χ2n) is 3.57. The highest BCUT2D eigenvalue weighted by molar-refractivity contribution is 8.56. The maximum atomic E-state index is 12.2. The molecule has 14 heavy (non-hydrogen) atoms. The minimum Gasteiger partial charge on any atom is -0.365 e. The molecule has 0 N–H and O–H groups in total. The van der Waals surface area contributed by atoms with E-state index in [0.717, 1.165) is 6.42 Å². The SMILES string of the molecule is CSP(=O)(OC1COC(S)C1)C(C)C. The van der Waals surface area contributed by atoms with Gasteiger partial charge in [-0.1, -0.05) is 25.2 Å². The molecule has 0 amide bonds. The number of hydrogen-bond acceptors (Lipinski definition) is 5. The first-order valence-corrected chi connectivity index (χ1v) is 8.65. The van der Waals surface area contributed by atoms with E-state index in [-0.39, 0.29) is 17.2 Å². The van der Waals surface area contributed by atoms with Gasteiger partial charge in [0.1, 0.15) is 5.44 Å². The molecule has 0 spiro atoms. The van der Waals surface area contributed by atoms with Crippen molar-refractivity contribution in [1.29, 1.82) is 0 Å². The zero-order valence-corrected chi connectivity index (χ0v) is 11.3. The highest BCUT2D eigenvalue weighted by atomic mass is 32.7. The molecule has 0 bridgehead atoms. The van der Waals surface area contributed by atoms with Crippen molar-refractivity contribution in [3.05, 3.63) is 0 Å². The van der Waals surface area contributed by atoms with Crippen molar-refractivity contribution in [3.8, 4) is 0 Å². The van der Waals surface area contributed by atoms with Gasteiger partial charge in [-0.3, -0.25) is 4.57 Å². The first kappa shape index (κ1) is 12.9. The van der Waals surface area contributed by atoms with Gasteiger partial charge in [0.25, 0.3) is 6.57 Å². The molecule has 84 valence electrons. The Hall–Kier alpha value is 0.850. The zero-order chi connectivity index (χ0) is 10.8. The van der Waals surface area contributed by atoms with E-state index >= 15 is 0 Å². The van der Waals surface area contributed by atoms with Gasteiger partial charge in [-0.05, 0) is 6.26 Å². The number of ether oxygens (including phenoxy) is 1. The van der Waals surface area contributed by atoms with E-state index in [1.54, 1.807) is 0 Å². The molecular formula is C8H17O3PS2. The standard InChI is InChI=1S/C8H17O3PS2/c1-6(2)12(9,14-3)11-7-4-8(13)10-5-7/h6-8,13H,4-5H2,1-3H3. The van der Waals surface area contributed by atoms with Crippen LogP contribution in [0.4, 0.5) is 0 Å². The van der Waals surface area contributed by atoms with Gasteiger partial charge in [0, 0.05) is 12.1 Å². The van der Waals surface area contributed by atoms with E-state index in [9.17, 15) is 4.57 Å². The highest BCUT2D eigenvalue weighted by Crippen LogP contribution is 2.63. The monoisotopic (exact) mass is 256 g/mol. The highest BCUT2D eigenvalue weighted by Gasteiger charge is 2.34. The van der Waals surface area contributed by atoms with Crippen LogP contribution in [0.2, 0.25) is 0 Å². The topological polar surface area (TPSA) is 35.5 Å². The Balaban J connectivity index is 2.53. The molecule has 1 fully saturated rings. The van der Waals surface area contributed by atoms with Crippen LogP contribution in [0.3, 0.4) is 0 Å². The van der Waals surface area contributed by atoms with Gasteiger partial charge in [0.15, 0.2) is 0 Å². The molecular weight excluding hydrogens is 239 g/mol. The van der Waals surface area contributed by atoms with E-state index in [1.165, 1.54) is 11.4 Å². The van der Waals surface area contributed by atoms with Gasteiger partial charge >= 0.3 is 0 Å². The second-order valence-corrected chi connectivity index (χ2v) is 9.45. The van der Waals surface area contributed by atoms with Crippen LogP contribution in [0.15, 0.2) is 0 Å². The van der Waals surface area contributed by atoms with Crippen molar-refractivity contribution in [2.24, 2.45) is 0 Å². The molecule has 1 heterocycles. The van der Waals surface area contributed by atoms with Crippen LogP contribution in [0.5, 0.6) is 0 Å². The van der Waals surface area contributed by atoms with Gasteiger partial charge in [-0.25, -0.2) is 0 Å². The van der Waals surface area contributed by atoms with Crippen LogP contribution >= 0.6 is 30.6 Å². The third-order valence-electron chi connectivity index (χ3n) is 2.12. The molecule has 0 aliphatic carbocycles. The first-order chi connectivity index (χ1) is 6.48. The van der Waals surface area contributed by atoms with Crippen LogP contribution in [0.1, 0.15) is 20.3 Å². The van der Waals surface area contributed by atoms with Crippen LogP contribution in [0, 0.1) is 0 Å². The minimum absolute atomic E-state index is 0.0523. The van der Waals surface area contributed by atoms with Crippen molar-refractivity contribution in [2.45, 2.75) is 37.5 Å². The summed E-state index contributed by atoms with van der Waals surface area (Å²) in [7, 11) is 0. The lowest BCUT2D eigenvalue weighted by atomic mass is 10.3. The fourth-order valence-electron chi connectivity index (χ4n) is 1.24.